The molecule has 6 nitrogen and oxygen atoms in total. The van der Waals surface area contributed by atoms with E-state index in [9.17, 15) is 18.8 Å². The van der Waals surface area contributed by atoms with Crippen LogP contribution in [0.15, 0.2) is 59.4 Å². The van der Waals surface area contributed by atoms with E-state index < -0.39 is 17.3 Å². The van der Waals surface area contributed by atoms with Gasteiger partial charge in [-0.15, -0.1) is 0 Å². The average Bonchev–Trinajstić information content (AvgIpc) is 2.73. The van der Waals surface area contributed by atoms with E-state index in [1.54, 1.807) is 31.4 Å². The summed E-state index contributed by atoms with van der Waals surface area (Å²) >= 11 is 0. The Morgan fingerprint density at radius 3 is 2.44 bits per heavy atom. The van der Waals surface area contributed by atoms with Crippen molar-refractivity contribution in [2.24, 2.45) is 5.41 Å². The molecule has 1 N–H and O–H groups in total. The number of carbonyl (C=O) groups is 2. The molecule has 164 valence electrons. The number of rotatable bonds is 4. The number of anilines is 1. The zero-order valence-electron chi connectivity index (χ0n) is 18.1. The number of hydrogen-bond donors (Lipinski definition) is 1. The quantitative estimate of drug-likeness (QED) is 0.661. The van der Waals surface area contributed by atoms with Gasteiger partial charge in [-0.1, -0.05) is 19.9 Å². The third-order valence-corrected chi connectivity index (χ3v) is 5.55. The lowest BCUT2D eigenvalue weighted by atomic mass is 9.75. The molecular weight excluding hydrogens is 411 g/mol. The summed E-state index contributed by atoms with van der Waals surface area (Å²) < 4.78 is 20.1. The number of benzene rings is 2. The third-order valence-electron chi connectivity index (χ3n) is 5.55. The molecule has 0 saturated carbocycles. The van der Waals surface area contributed by atoms with Crippen molar-refractivity contribution in [3.05, 3.63) is 87.6 Å². The molecule has 0 atom stereocenters. The second-order valence-corrected chi connectivity index (χ2v) is 8.66. The molecular formula is C25H23FN2O4. The van der Waals surface area contributed by atoms with E-state index in [0.29, 0.717) is 35.5 Å². The number of aromatic nitrogens is 1. The number of hydrogen-bond acceptors (Lipinski definition) is 4. The first kappa shape index (κ1) is 21.5. The van der Waals surface area contributed by atoms with Gasteiger partial charge in [0.2, 0.25) is 0 Å². The molecule has 0 spiro atoms. The number of nitrogens with zero attached hydrogens (tertiary/aromatic N) is 1. The van der Waals surface area contributed by atoms with Crippen molar-refractivity contribution >= 4 is 17.4 Å². The molecule has 1 amide bonds. The molecule has 7 heteroatoms. The summed E-state index contributed by atoms with van der Waals surface area (Å²) in [5, 5.41) is 2.55. The molecule has 0 radical (unpaired) electrons. The predicted molar refractivity (Wildman–Crippen MR) is 119 cm³/mol. The van der Waals surface area contributed by atoms with Gasteiger partial charge in [0.05, 0.1) is 7.11 Å². The number of methoxy groups -OCH3 is 1. The maximum Gasteiger partial charge on any atom is 0.268 e. The van der Waals surface area contributed by atoms with E-state index in [1.807, 2.05) is 13.8 Å². The number of ketones is 1. The molecule has 1 aliphatic rings. The molecule has 0 bridgehead atoms. The Kier molecular flexibility index (Phi) is 5.42. The van der Waals surface area contributed by atoms with Gasteiger partial charge < -0.3 is 10.1 Å². The fourth-order valence-corrected chi connectivity index (χ4v) is 4.05. The van der Waals surface area contributed by atoms with Crippen LogP contribution in [-0.2, 0) is 6.42 Å². The van der Waals surface area contributed by atoms with Crippen molar-refractivity contribution in [3.8, 4) is 11.4 Å². The Bertz CT molecular complexity index is 1280. The number of amides is 1. The summed E-state index contributed by atoms with van der Waals surface area (Å²) in [5.41, 5.74) is 0.613. The molecule has 0 unspecified atom stereocenters. The first-order chi connectivity index (χ1) is 15.2. The highest BCUT2D eigenvalue weighted by Crippen LogP contribution is 2.35. The van der Waals surface area contributed by atoms with Gasteiger partial charge in [-0.3, -0.25) is 19.0 Å². The number of Topliss-reactive ketones (excluding diaryl/α,β-unsaturated/α-hetero) is 1. The Morgan fingerprint density at radius 2 is 1.78 bits per heavy atom. The normalized spacial score (nSPS) is 14.6. The Balaban J connectivity index is 1.89. The highest BCUT2D eigenvalue weighted by Gasteiger charge is 2.35. The second-order valence-electron chi connectivity index (χ2n) is 8.66. The minimum Gasteiger partial charge on any atom is -0.497 e. The zero-order chi connectivity index (χ0) is 23.0. The molecule has 1 heterocycles. The molecule has 32 heavy (non-hydrogen) atoms. The number of halogens is 1. The van der Waals surface area contributed by atoms with Crippen LogP contribution in [0, 0.1) is 11.2 Å². The first-order valence-electron chi connectivity index (χ1n) is 10.2. The number of ether oxygens (including phenoxy) is 1. The summed E-state index contributed by atoms with van der Waals surface area (Å²) in [6.07, 6.45) is 0.812. The smallest absolute Gasteiger partial charge is 0.268 e. The van der Waals surface area contributed by atoms with E-state index in [2.05, 4.69) is 5.32 Å². The Morgan fingerprint density at radius 1 is 1.06 bits per heavy atom. The summed E-state index contributed by atoms with van der Waals surface area (Å²) in [6, 6.07) is 13.6. The minimum atomic E-state index is -0.705. The van der Waals surface area contributed by atoms with Gasteiger partial charge in [0.25, 0.3) is 11.5 Å². The van der Waals surface area contributed by atoms with Crippen molar-refractivity contribution in [2.75, 3.05) is 12.4 Å². The summed E-state index contributed by atoms with van der Waals surface area (Å²) in [5.74, 6) is -0.727. The molecule has 1 aromatic heterocycles. The van der Waals surface area contributed by atoms with Gasteiger partial charge in [0.1, 0.15) is 17.1 Å². The van der Waals surface area contributed by atoms with E-state index >= 15 is 0 Å². The standard InChI is InChI=1S/C25H23FN2O4/c1-25(2)13-21-19(22(29)14-25)12-20(23(30)27-16-6-4-5-15(26)11-16)24(31)28(21)17-7-9-18(32-3)10-8-17/h4-12H,13-14H2,1-3H3,(H,27,30). The summed E-state index contributed by atoms with van der Waals surface area (Å²) in [6.45, 7) is 3.95. The predicted octanol–water partition coefficient (Wildman–Crippen LogP) is 4.39. The van der Waals surface area contributed by atoms with E-state index in [1.165, 1.54) is 28.8 Å². The van der Waals surface area contributed by atoms with Crippen molar-refractivity contribution in [3.63, 3.8) is 0 Å². The van der Waals surface area contributed by atoms with Crippen LogP contribution in [0.1, 0.15) is 46.7 Å². The van der Waals surface area contributed by atoms with E-state index in [4.69, 9.17) is 4.74 Å². The minimum absolute atomic E-state index is 0.127. The fraction of sp³-hybridized carbons (Fsp3) is 0.240. The monoisotopic (exact) mass is 434 g/mol. The van der Waals surface area contributed by atoms with Crippen LogP contribution in [0.5, 0.6) is 5.75 Å². The summed E-state index contributed by atoms with van der Waals surface area (Å²) in [7, 11) is 1.54. The zero-order valence-corrected chi connectivity index (χ0v) is 18.1. The van der Waals surface area contributed by atoms with Gasteiger partial charge >= 0.3 is 0 Å². The average molecular weight is 434 g/mol. The van der Waals surface area contributed by atoms with Crippen molar-refractivity contribution in [1.29, 1.82) is 0 Å². The third kappa shape index (κ3) is 4.06. The number of fused-ring (bicyclic) bond motifs is 1. The highest BCUT2D eigenvalue weighted by molar-refractivity contribution is 6.07. The van der Waals surface area contributed by atoms with Crippen LogP contribution in [0.3, 0.4) is 0 Å². The Hall–Kier alpha value is -3.74. The summed E-state index contributed by atoms with van der Waals surface area (Å²) in [4.78, 5) is 39.4. The van der Waals surface area contributed by atoms with Crippen molar-refractivity contribution < 1.29 is 18.7 Å². The highest BCUT2D eigenvalue weighted by atomic mass is 19.1. The number of carbonyl (C=O) groups excluding carboxylic acids is 2. The van der Waals surface area contributed by atoms with Crippen molar-refractivity contribution in [2.45, 2.75) is 26.7 Å². The number of nitrogens with one attached hydrogen (secondary N) is 1. The second kappa shape index (κ2) is 8.07. The van der Waals surface area contributed by atoms with Gasteiger partial charge in [-0.25, -0.2) is 4.39 Å². The number of pyridine rings is 1. The van der Waals surface area contributed by atoms with Crippen molar-refractivity contribution in [1.82, 2.24) is 4.57 Å². The fourth-order valence-electron chi connectivity index (χ4n) is 4.05. The van der Waals surface area contributed by atoms with Gasteiger partial charge in [0, 0.05) is 29.1 Å². The van der Waals surface area contributed by atoms with E-state index in [0.717, 1.165) is 6.07 Å². The lowest BCUT2D eigenvalue weighted by molar-refractivity contribution is 0.0909. The van der Waals surface area contributed by atoms with Crippen LogP contribution < -0.4 is 15.6 Å². The van der Waals surface area contributed by atoms with E-state index in [-0.39, 0.29) is 22.4 Å². The topological polar surface area (TPSA) is 77.4 Å². The van der Waals surface area contributed by atoms with Crippen LogP contribution in [0.25, 0.3) is 5.69 Å². The molecule has 0 fully saturated rings. The molecule has 4 rings (SSSR count). The molecule has 3 aromatic rings. The molecule has 1 aliphatic carbocycles. The molecule has 0 aliphatic heterocycles. The largest absolute Gasteiger partial charge is 0.497 e. The maximum absolute atomic E-state index is 13.5. The van der Waals surface area contributed by atoms with Crippen LogP contribution >= 0.6 is 0 Å². The van der Waals surface area contributed by atoms with Gasteiger partial charge in [-0.05, 0) is 60.4 Å². The van der Waals surface area contributed by atoms with Crippen LogP contribution in [0.2, 0.25) is 0 Å². The van der Waals surface area contributed by atoms with Crippen LogP contribution in [-0.4, -0.2) is 23.4 Å². The van der Waals surface area contributed by atoms with Crippen LogP contribution in [0.4, 0.5) is 10.1 Å². The lowest BCUT2D eigenvalue weighted by Crippen LogP contribution is -2.37. The van der Waals surface area contributed by atoms with Gasteiger partial charge in [0.15, 0.2) is 5.78 Å². The molecule has 2 aromatic carbocycles. The maximum atomic E-state index is 13.5. The SMILES string of the molecule is COc1ccc(-n2c3c(cc(C(=O)Nc4cccc(F)c4)c2=O)C(=O)CC(C)(C)C3)cc1. The van der Waals surface area contributed by atoms with Gasteiger partial charge in [-0.2, -0.15) is 0 Å². The first-order valence-corrected chi connectivity index (χ1v) is 10.2. The Labute approximate surface area is 184 Å². The molecule has 0 saturated heterocycles. The lowest BCUT2D eigenvalue weighted by Gasteiger charge is -2.32.